The molecule has 0 aromatic heterocycles. The third-order valence-electron chi connectivity index (χ3n) is 1.09. The fourth-order valence-electron chi connectivity index (χ4n) is 0.624. The van der Waals surface area contributed by atoms with Crippen molar-refractivity contribution in [3.63, 3.8) is 0 Å². The Morgan fingerprint density at radius 3 is 2.55 bits per heavy atom. The van der Waals surface area contributed by atoms with Crippen molar-refractivity contribution in [1.29, 1.82) is 0 Å². The molecular weight excluding hydrogens is 216 g/mol. The summed E-state index contributed by atoms with van der Waals surface area (Å²) in [6.45, 7) is 6.54. The van der Waals surface area contributed by atoms with Crippen molar-refractivity contribution in [3.05, 3.63) is 39.7 Å². The summed E-state index contributed by atoms with van der Waals surface area (Å²) in [6.07, 6.45) is 0. The number of rotatable bonds is 0. The Labute approximate surface area is 70.6 Å². The Morgan fingerprint density at radius 2 is 2.00 bits per heavy atom. The lowest BCUT2D eigenvalue weighted by atomic mass is 10.3. The second-order valence-corrected chi connectivity index (χ2v) is 2.63. The summed E-state index contributed by atoms with van der Waals surface area (Å²) < 4.78 is 25.0. The van der Waals surface area contributed by atoms with Gasteiger partial charge in [0.25, 0.3) is 0 Å². The Kier molecular flexibility index (Phi) is 2.20. The first kappa shape index (κ1) is 8.15. The van der Waals surface area contributed by atoms with Gasteiger partial charge in [0.2, 0.25) is 5.69 Å². The maximum absolute atomic E-state index is 12.6. The van der Waals surface area contributed by atoms with Crippen LogP contribution in [0.25, 0.3) is 4.85 Å². The summed E-state index contributed by atoms with van der Waals surface area (Å²) in [5.74, 6) is -1.49. The minimum atomic E-state index is -0.754. The predicted molar refractivity (Wildman–Crippen MR) is 40.3 cm³/mol. The SMILES string of the molecule is [C-]#[N+]c1cc(F)cc(F)c1Br. The van der Waals surface area contributed by atoms with Gasteiger partial charge in [-0.05, 0) is 6.07 Å². The van der Waals surface area contributed by atoms with Gasteiger partial charge in [-0.2, -0.15) is 0 Å². The Bertz CT molecular complexity index is 330. The lowest BCUT2D eigenvalue weighted by molar-refractivity contribution is 0.580. The monoisotopic (exact) mass is 217 g/mol. The van der Waals surface area contributed by atoms with E-state index in [1.165, 1.54) is 0 Å². The molecule has 4 heteroatoms. The zero-order valence-electron chi connectivity index (χ0n) is 5.24. The fraction of sp³-hybridized carbons (Fsp3) is 0. The van der Waals surface area contributed by atoms with E-state index in [0.717, 1.165) is 12.1 Å². The molecule has 0 saturated heterocycles. The van der Waals surface area contributed by atoms with E-state index < -0.39 is 11.6 Å². The molecule has 0 unspecified atom stereocenters. The normalized spacial score (nSPS) is 9.27. The average Bonchev–Trinajstić information content (AvgIpc) is 1.96. The van der Waals surface area contributed by atoms with Gasteiger partial charge in [0.05, 0.1) is 11.0 Å². The van der Waals surface area contributed by atoms with E-state index >= 15 is 0 Å². The molecule has 0 saturated carbocycles. The summed E-state index contributed by atoms with van der Waals surface area (Å²) in [7, 11) is 0. The van der Waals surface area contributed by atoms with Crippen molar-refractivity contribution >= 4 is 21.6 Å². The summed E-state index contributed by atoms with van der Waals surface area (Å²) in [4.78, 5) is 2.91. The first-order chi connectivity index (χ1) is 5.15. The lowest BCUT2D eigenvalue weighted by Gasteiger charge is -1.96. The van der Waals surface area contributed by atoms with Gasteiger partial charge in [-0.25, -0.2) is 13.6 Å². The minimum absolute atomic E-state index is 0.00824. The standard InChI is InChI=1S/C7H2BrF2N/c1-11-6-3-4(9)2-5(10)7(6)8/h2-3H. The predicted octanol–water partition coefficient (Wildman–Crippen LogP) is 3.28. The van der Waals surface area contributed by atoms with E-state index in [4.69, 9.17) is 6.57 Å². The molecule has 0 amide bonds. The van der Waals surface area contributed by atoms with Crippen molar-refractivity contribution in [2.45, 2.75) is 0 Å². The van der Waals surface area contributed by atoms with E-state index in [-0.39, 0.29) is 10.2 Å². The van der Waals surface area contributed by atoms with E-state index in [1.807, 2.05) is 0 Å². The molecule has 1 aromatic carbocycles. The van der Waals surface area contributed by atoms with E-state index in [2.05, 4.69) is 20.8 Å². The Morgan fingerprint density at radius 1 is 1.36 bits per heavy atom. The topological polar surface area (TPSA) is 4.36 Å². The maximum atomic E-state index is 12.6. The summed E-state index contributed by atoms with van der Waals surface area (Å²) in [5, 5.41) is 0. The van der Waals surface area contributed by atoms with Gasteiger partial charge in [0.15, 0.2) is 0 Å². The molecule has 0 heterocycles. The smallest absolute Gasteiger partial charge is 0.206 e. The van der Waals surface area contributed by atoms with Gasteiger partial charge in [0, 0.05) is 6.07 Å². The van der Waals surface area contributed by atoms with Gasteiger partial charge >= 0.3 is 0 Å². The summed E-state index contributed by atoms with van der Waals surface area (Å²) in [5.41, 5.74) is -0.0532. The molecule has 0 N–H and O–H groups in total. The molecule has 0 bridgehead atoms. The zero-order chi connectivity index (χ0) is 8.43. The fourth-order valence-corrected chi connectivity index (χ4v) is 0.941. The van der Waals surface area contributed by atoms with Gasteiger partial charge in [-0.15, -0.1) is 0 Å². The van der Waals surface area contributed by atoms with Crippen LogP contribution in [0.15, 0.2) is 16.6 Å². The molecule has 0 spiro atoms. The molecule has 11 heavy (non-hydrogen) atoms. The van der Waals surface area contributed by atoms with Crippen LogP contribution in [0.3, 0.4) is 0 Å². The van der Waals surface area contributed by atoms with Crippen LogP contribution < -0.4 is 0 Å². The van der Waals surface area contributed by atoms with Crippen molar-refractivity contribution in [2.75, 3.05) is 0 Å². The van der Waals surface area contributed by atoms with Gasteiger partial charge in [-0.3, -0.25) is 0 Å². The van der Waals surface area contributed by atoms with Crippen LogP contribution in [0.1, 0.15) is 0 Å². The van der Waals surface area contributed by atoms with Crippen LogP contribution in [-0.2, 0) is 0 Å². The Balaban J connectivity index is 3.39. The van der Waals surface area contributed by atoms with Gasteiger partial charge < -0.3 is 0 Å². The molecule has 0 aliphatic rings. The molecule has 0 aliphatic heterocycles. The number of hydrogen-bond donors (Lipinski definition) is 0. The van der Waals surface area contributed by atoms with Crippen molar-refractivity contribution in [3.8, 4) is 0 Å². The second-order valence-electron chi connectivity index (χ2n) is 1.83. The van der Waals surface area contributed by atoms with Crippen LogP contribution in [0.5, 0.6) is 0 Å². The number of benzene rings is 1. The van der Waals surface area contributed by atoms with Crippen LogP contribution >= 0.6 is 15.9 Å². The second kappa shape index (κ2) is 2.97. The summed E-state index contributed by atoms with van der Waals surface area (Å²) >= 11 is 2.82. The van der Waals surface area contributed by atoms with Crippen LogP contribution in [0.2, 0.25) is 0 Å². The first-order valence-corrected chi connectivity index (χ1v) is 3.46. The zero-order valence-corrected chi connectivity index (χ0v) is 6.82. The van der Waals surface area contributed by atoms with E-state index in [1.54, 1.807) is 0 Å². The molecule has 0 aliphatic carbocycles. The average molecular weight is 218 g/mol. The Hall–Kier alpha value is -0.950. The van der Waals surface area contributed by atoms with Crippen molar-refractivity contribution in [2.24, 2.45) is 0 Å². The highest BCUT2D eigenvalue weighted by Crippen LogP contribution is 2.28. The first-order valence-electron chi connectivity index (χ1n) is 2.67. The number of hydrogen-bond acceptors (Lipinski definition) is 0. The molecule has 1 rings (SSSR count). The lowest BCUT2D eigenvalue weighted by Crippen LogP contribution is -1.80. The third-order valence-corrected chi connectivity index (χ3v) is 1.88. The van der Waals surface area contributed by atoms with Crippen LogP contribution in [-0.4, -0.2) is 0 Å². The van der Waals surface area contributed by atoms with Crippen LogP contribution in [0, 0.1) is 18.2 Å². The van der Waals surface area contributed by atoms with Crippen molar-refractivity contribution < 1.29 is 8.78 Å². The molecule has 0 radical (unpaired) electrons. The molecule has 1 nitrogen and oxygen atoms in total. The molecule has 0 fully saturated rings. The molecule has 1 aromatic rings. The highest BCUT2D eigenvalue weighted by atomic mass is 79.9. The van der Waals surface area contributed by atoms with E-state index in [9.17, 15) is 8.78 Å². The minimum Gasteiger partial charge on any atom is -0.237 e. The summed E-state index contributed by atoms with van der Waals surface area (Å²) in [6, 6.07) is 1.69. The quantitative estimate of drug-likeness (QED) is 0.464. The highest BCUT2D eigenvalue weighted by molar-refractivity contribution is 9.10. The maximum Gasteiger partial charge on any atom is 0.206 e. The van der Waals surface area contributed by atoms with Gasteiger partial charge in [-0.1, -0.05) is 15.9 Å². The van der Waals surface area contributed by atoms with Gasteiger partial charge in [0.1, 0.15) is 11.6 Å². The molecule has 0 atom stereocenters. The highest BCUT2D eigenvalue weighted by Gasteiger charge is 2.07. The van der Waals surface area contributed by atoms with Crippen molar-refractivity contribution in [1.82, 2.24) is 0 Å². The largest absolute Gasteiger partial charge is 0.237 e. The third kappa shape index (κ3) is 1.55. The molecule has 56 valence electrons. The number of halogens is 3. The van der Waals surface area contributed by atoms with Crippen LogP contribution in [0.4, 0.5) is 14.5 Å². The van der Waals surface area contributed by atoms with E-state index in [0.29, 0.717) is 0 Å². The number of nitrogens with zero attached hydrogens (tertiary/aromatic N) is 1. The molecular formula is C7H2BrF2N.